The van der Waals surface area contributed by atoms with Crippen LogP contribution in [0.5, 0.6) is 0 Å². The van der Waals surface area contributed by atoms with E-state index in [0.717, 1.165) is 34.7 Å². The van der Waals surface area contributed by atoms with Crippen LogP contribution >= 0.6 is 24.4 Å². The molecule has 2 aliphatic heterocycles. The lowest BCUT2D eigenvalue weighted by atomic mass is 10.1. The van der Waals surface area contributed by atoms with E-state index in [1.807, 2.05) is 27.7 Å². The van der Waals surface area contributed by atoms with E-state index in [1.54, 1.807) is 12.4 Å². The van der Waals surface area contributed by atoms with Crippen LogP contribution in [0.15, 0.2) is 22.0 Å². The molecular weight excluding hydrogens is 496 g/mol. The van der Waals surface area contributed by atoms with Gasteiger partial charge in [0.1, 0.15) is 0 Å². The van der Waals surface area contributed by atoms with Crippen LogP contribution in [-0.2, 0) is 0 Å². The van der Waals surface area contributed by atoms with Gasteiger partial charge in [-0.2, -0.15) is 0 Å². The molecule has 2 fully saturated rings. The first-order valence-electron chi connectivity index (χ1n) is 12.4. The van der Waals surface area contributed by atoms with Crippen LogP contribution in [0.3, 0.4) is 0 Å². The van der Waals surface area contributed by atoms with Crippen molar-refractivity contribution in [3.63, 3.8) is 0 Å². The summed E-state index contributed by atoms with van der Waals surface area (Å²) < 4.78 is 0. The number of rotatable bonds is 4. The van der Waals surface area contributed by atoms with Crippen molar-refractivity contribution in [1.29, 1.82) is 0 Å². The van der Waals surface area contributed by atoms with E-state index in [1.165, 1.54) is 0 Å². The van der Waals surface area contributed by atoms with Gasteiger partial charge >= 0.3 is 11.4 Å². The molecule has 0 radical (unpaired) electrons. The summed E-state index contributed by atoms with van der Waals surface area (Å²) in [6.07, 6.45) is 3.40. The molecule has 204 valence electrons. The summed E-state index contributed by atoms with van der Waals surface area (Å²) in [6.45, 7) is 18.8. The van der Waals surface area contributed by atoms with Crippen molar-refractivity contribution in [1.82, 2.24) is 41.2 Å². The predicted molar refractivity (Wildman–Crippen MR) is 156 cm³/mol. The SMILES string of the molecule is CC(C)C1CNC(=S)N1.CC(C)C1CNC(=S)N1.CC(C)c1c[nH]c(=O)[nH]1.CC(C)c1c[nH]c(=O)[nH]1. The van der Waals surface area contributed by atoms with Crippen molar-refractivity contribution in [2.45, 2.75) is 79.3 Å². The number of thiocarbonyl (C=S) groups is 2. The van der Waals surface area contributed by atoms with Crippen LogP contribution in [0.1, 0.15) is 78.6 Å². The van der Waals surface area contributed by atoms with Crippen molar-refractivity contribution in [3.05, 3.63) is 44.8 Å². The average Bonchev–Trinajstić information content (AvgIpc) is 3.58. The lowest BCUT2D eigenvalue weighted by Crippen LogP contribution is -2.30. The topological polar surface area (TPSA) is 145 Å². The molecule has 4 rings (SSSR count). The van der Waals surface area contributed by atoms with Gasteiger partial charge in [-0.3, -0.25) is 0 Å². The quantitative estimate of drug-likeness (QED) is 0.276. The lowest BCUT2D eigenvalue weighted by molar-refractivity contribution is 0.484. The summed E-state index contributed by atoms with van der Waals surface area (Å²) >= 11 is 9.79. The third kappa shape index (κ3) is 11.9. The Bertz CT molecular complexity index is 953. The monoisotopic (exact) mass is 540 g/mol. The molecule has 8 N–H and O–H groups in total. The van der Waals surface area contributed by atoms with Gasteiger partial charge in [-0.15, -0.1) is 0 Å². The fraction of sp³-hybridized carbons (Fsp3) is 0.667. The summed E-state index contributed by atoms with van der Waals surface area (Å²) in [5.74, 6) is 2.11. The molecule has 2 aromatic heterocycles. The van der Waals surface area contributed by atoms with E-state index in [-0.39, 0.29) is 11.4 Å². The summed E-state index contributed by atoms with van der Waals surface area (Å²) in [7, 11) is 0. The Morgan fingerprint density at radius 1 is 0.667 bits per heavy atom. The highest BCUT2D eigenvalue weighted by Gasteiger charge is 2.20. The molecule has 36 heavy (non-hydrogen) atoms. The van der Waals surface area contributed by atoms with Crippen molar-refractivity contribution in [2.75, 3.05) is 13.1 Å². The number of aromatic amines is 4. The molecule has 0 aromatic carbocycles. The van der Waals surface area contributed by atoms with Gasteiger partial charge in [0.2, 0.25) is 0 Å². The third-order valence-electron chi connectivity index (χ3n) is 5.68. The van der Waals surface area contributed by atoms with Crippen molar-refractivity contribution in [2.24, 2.45) is 11.8 Å². The molecule has 0 saturated carbocycles. The molecule has 2 aliphatic rings. The van der Waals surface area contributed by atoms with Crippen molar-refractivity contribution < 1.29 is 0 Å². The Morgan fingerprint density at radius 3 is 1.11 bits per heavy atom. The largest absolute Gasteiger partial charge is 0.361 e. The number of nitrogens with one attached hydrogen (secondary N) is 8. The molecule has 2 atom stereocenters. The van der Waals surface area contributed by atoms with Gasteiger partial charge in [-0.25, -0.2) is 9.59 Å². The smallest absolute Gasteiger partial charge is 0.323 e. The van der Waals surface area contributed by atoms with Crippen LogP contribution in [0.25, 0.3) is 0 Å². The number of H-pyrrole nitrogens is 4. The first kappa shape index (κ1) is 31.4. The summed E-state index contributed by atoms with van der Waals surface area (Å²) in [5, 5.41) is 14.1. The number of imidazole rings is 2. The van der Waals surface area contributed by atoms with Crippen LogP contribution in [-0.4, -0.2) is 55.3 Å². The van der Waals surface area contributed by atoms with Gasteiger partial charge in [0.25, 0.3) is 0 Å². The number of hydrogen-bond acceptors (Lipinski definition) is 4. The molecule has 0 aliphatic carbocycles. The molecular formula is C24H44N8O2S2. The minimum atomic E-state index is -0.126. The van der Waals surface area contributed by atoms with Crippen LogP contribution in [0.4, 0.5) is 0 Å². The maximum Gasteiger partial charge on any atom is 0.323 e. The van der Waals surface area contributed by atoms with Gasteiger partial charge in [-0.1, -0.05) is 55.4 Å². The Balaban J connectivity index is 0.000000240. The van der Waals surface area contributed by atoms with Crippen molar-refractivity contribution in [3.8, 4) is 0 Å². The number of aromatic nitrogens is 4. The Kier molecular flexibility index (Phi) is 13.5. The van der Waals surface area contributed by atoms with Gasteiger partial charge in [0.15, 0.2) is 10.2 Å². The molecule has 0 spiro atoms. The highest BCUT2D eigenvalue weighted by Crippen LogP contribution is 2.07. The lowest BCUT2D eigenvalue weighted by Gasteiger charge is -2.11. The fourth-order valence-electron chi connectivity index (χ4n) is 3.07. The standard InChI is InChI=1S/2C6H10N2O.2C6H12N2S/c4*1-4(2)5-3-7-6(9)8-5/h2*3-4H,1-2H3,(H2,7,8,9);2*4-5H,3H2,1-2H3,(H2,7,8,9). The molecule has 0 bridgehead atoms. The second-order valence-electron chi connectivity index (χ2n) is 10.1. The van der Waals surface area contributed by atoms with E-state index >= 15 is 0 Å². The van der Waals surface area contributed by atoms with Crippen LogP contribution in [0.2, 0.25) is 0 Å². The van der Waals surface area contributed by atoms with E-state index in [9.17, 15) is 9.59 Å². The van der Waals surface area contributed by atoms with Gasteiger partial charge in [-0.05, 0) is 48.1 Å². The normalized spacial score (nSPS) is 18.3. The molecule has 2 saturated heterocycles. The fourth-order valence-corrected chi connectivity index (χ4v) is 3.54. The Hall–Kier alpha value is -2.60. The predicted octanol–water partition coefficient (Wildman–Crippen LogP) is 2.63. The molecule has 12 heteroatoms. The van der Waals surface area contributed by atoms with E-state index < -0.39 is 0 Å². The third-order valence-corrected chi connectivity index (χ3v) is 6.21. The second-order valence-corrected chi connectivity index (χ2v) is 10.9. The van der Waals surface area contributed by atoms with E-state index in [4.69, 9.17) is 24.4 Å². The average molecular weight is 541 g/mol. The zero-order valence-electron chi connectivity index (χ0n) is 22.7. The highest BCUT2D eigenvalue weighted by molar-refractivity contribution is 7.80. The first-order chi connectivity index (χ1) is 16.8. The molecule has 2 aromatic rings. The summed E-state index contributed by atoms with van der Waals surface area (Å²) in [5.41, 5.74) is 1.66. The molecule has 4 heterocycles. The van der Waals surface area contributed by atoms with Gasteiger partial charge < -0.3 is 41.2 Å². The van der Waals surface area contributed by atoms with Gasteiger partial charge in [0, 0.05) is 49.0 Å². The van der Waals surface area contributed by atoms with Crippen molar-refractivity contribution >= 4 is 34.7 Å². The highest BCUT2D eigenvalue weighted by atomic mass is 32.1. The first-order valence-corrected chi connectivity index (χ1v) is 13.3. The van der Waals surface area contributed by atoms with Gasteiger partial charge in [0.05, 0.1) is 0 Å². The molecule has 10 nitrogen and oxygen atoms in total. The van der Waals surface area contributed by atoms with Crippen LogP contribution in [0, 0.1) is 11.8 Å². The maximum atomic E-state index is 10.5. The molecule has 0 amide bonds. The summed E-state index contributed by atoms with van der Waals surface area (Å²) in [6, 6.07) is 1.08. The second kappa shape index (κ2) is 15.5. The Labute approximate surface area is 224 Å². The zero-order valence-corrected chi connectivity index (χ0v) is 24.3. The maximum absolute atomic E-state index is 10.5. The zero-order chi connectivity index (χ0) is 27.4. The minimum absolute atomic E-state index is 0.126. The summed E-state index contributed by atoms with van der Waals surface area (Å²) in [4.78, 5) is 31.4. The molecule has 2 unspecified atom stereocenters. The Morgan fingerprint density at radius 2 is 1.00 bits per heavy atom. The number of hydrogen-bond donors (Lipinski definition) is 8. The van der Waals surface area contributed by atoms with E-state index in [2.05, 4.69) is 68.9 Å². The minimum Gasteiger partial charge on any atom is -0.361 e. The van der Waals surface area contributed by atoms with Crippen LogP contribution < -0.4 is 32.6 Å². The van der Waals surface area contributed by atoms with E-state index in [0.29, 0.717) is 35.8 Å².